The predicted molar refractivity (Wildman–Crippen MR) is 102 cm³/mol. The van der Waals surface area contributed by atoms with Crippen LogP contribution in [0.25, 0.3) is 0 Å². The summed E-state index contributed by atoms with van der Waals surface area (Å²) in [7, 11) is 1.58. The molecule has 1 unspecified atom stereocenters. The molecular formula is C19H23N5O3. The molecule has 2 aliphatic heterocycles. The van der Waals surface area contributed by atoms with Crippen molar-refractivity contribution in [1.82, 2.24) is 14.9 Å². The predicted octanol–water partition coefficient (Wildman–Crippen LogP) is 2.16. The Bertz CT molecular complexity index is 836. The second-order valence-electron chi connectivity index (χ2n) is 6.76. The summed E-state index contributed by atoms with van der Waals surface area (Å²) in [5.41, 5.74) is 1.94. The molecule has 142 valence electrons. The van der Waals surface area contributed by atoms with Gasteiger partial charge >= 0.3 is 6.03 Å². The minimum absolute atomic E-state index is 0.0897. The van der Waals surface area contributed by atoms with Crippen LogP contribution in [0.3, 0.4) is 0 Å². The number of nitrogens with one attached hydrogen (secondary N) is 1. The number of methoxy groups -OCH3 is 1. The highest BCUT2D eigenvalue weighted by Gasteiger charge is 2.24. The molecule has 3 heterocycles. The number of carbonyl (C=O) groups excluding carboxylic acids is 1. The van der Waals surface area contributed by atoms with Gasteiger partial charge in [-0.2, -0.15) is 4.98 Å². The number of ether oxygens (including phenoxy) is 2. The summed E-state index contributed by atoms with van der Waals surface area (Å²) >= 11 is 0. The zero-order valence-corrected chi connectivity index (χ0v) is 15.5. The maximum atomic E-state index is 12.6. The molecule has 2 aliphatic rings. The summed E-state index contributed by atoms with van der Waals surface area (Å²) in [5, 5.41) is 2.99. The Labute approximate surface area is 158 Å². The van der Waals surface area contributed by atoms with Crippen molar-refractivity contribution >= 4 is 17.7 Å². The Morgan fingerprint density at radius 2 is 2.07 bits per heavy atom. The summed E-state index contributed by atoms with van der Waals surface area (Å²) in [4.78, 5) is 25.1. The Hall–Kier alpha value is -3.03. The van der Waals surface area contributed by atoms with E-state index < -0.39 is 0 Å². The highest BCUT2D eigenvalue weighted by atomic mass is 16.5. The summed E-state index contributed by atoms with van der Waals surface area (Å²) in [6, 6.07) is 7.43. The molecule has 4 rings (SSSR count). The van der Waals surface area contributed by atoms with Crippen molar-refractivity contribution in [3.63, 3.8) is 0 Å². The molecule has 1 saturated heterocycles. The molecule has 8 heteroatoms. The Morgan fingerprint density at radius 3 is 2.85 bits per heavy atom. The van der Waals surface area contributed by atoms with Crippen molar-refractivity contribution in [3.05, 3.63) is 36.0 Å². The van der Waals surface area contributed by atoms with Gasteiger partial charge in [0, 0.05) is 50.6 Å². The van der Waals surface area contributed by atoms with Crippen LogP contribution in [-0.4, -0.2) is 60.3 Å². The number of anilines is 2. The lowest BCUT2D eigenvalue weighted by atomic mass is 10.1. The molecule has 1 aromatic heterocycles. The molecule has 27 heavy (non-hydrogen) atoms. The van der Waals surface area contributed by atoms with Crippen LogP contribution >= 0.6 is 0 Å². The molecule has 1 fully saturated rings. The van der Waals surface area contributed by atoms with E-state index in [1.165, 1.54) is 0 Å². The molecule has 8 nitrogen and oxygen atoms in total. The van der Waals surface area contributed by atoms with Gasteiger partial charge in [0.1, 0.15) is 11.9 Å². The van der Waals surface area contributed by atoms with E-state index in [0.29, 0.717) is 38.0 Å². The molecule has 1 atom stereocenters. The third kappa shape index (κ3) is 3.74. The summed E-state index contributed by atoms with van der Waals surface area (Å²) in [6.45, 7) is 4.62. The van der Waals surface area contributed by atoms with Crippen molar-refractivity contribution in [3.8, 4) is 11.6 Å². The number of fused-ring (bicyclic) bond motifs is 1. The van der Waals surface area contributed by atoms with E-state index in [4.69, 9.17) is 9.47 Å². The molecule has 0 radical (unpaired) electrons. The number of hydrogen-bond acceptors (Lipinski definition) is 6. The number of benzene rings is 1. The molecule has 1 N–H and O–H groups in total. The zero-order chi connectivity index (χ0) is 18.8. The summed E-state index contributed by atoms with van der Waals surface area (Å²) < 4.78 is 10.9. The third-order valence-corrected chi connectivity index (χ3v) is 4.82. The van der Waals surface area contributed by atoms with Gasteiger partial charge in [0.15, 0.2) is 0 Å². The number of amides is 2. The molecule has 2 amide bonds. The minimum Gasteiger partial charge on any atom is -0.490 e. The van der Waals surface area contributed by atoms with Gasteiger partial charge in [-0.25, -0.2) is 9.78 Å². The van der Waals surface area contributed by atoms with Gasteiger partial charge in [-0.15, -0.1) is 0 Å². The quantitative estimate of drug-likeness (QED) is 0.893. The van der Waals surface area contributed by atoms with Gasteiger partial charge in [-0.3, -0.25) is 0 Å². The van der Waals surface area contributed by atoms with Gasteiger partial charge in [0.2, 0.25) is 11.8 Å². The van der Waals surface area contributed by atoms with Crippen LogP contribution < -0.4 is 19.7 Å². The minimum atomic E-state index is -0.0897. The first-order chi connectivity index (χ1) is 13.1. The number of piperazine rings is 1. The van der Waals surface area contributed by atoms with Gasteiger partial charge in [-0.05, 0) is 30.7 Å². The lowest BCUT2D eigenvalue weighted by Gasteiger charge is -2.34. The number of hydrogen-bond donors (Lipinski definition) is 1. The Kier molecular flexibility index (Phi) is 4.70. The van der Waals surface area contributed by atoms with E-state index in [2.05, 4.69) is 20.2 Å². The Balaban J connectivity index is 1.34. The normalized spacial score (nSPS) is 18.7. The number of urea groups is 1. The fourth-order valence-corrected chi connectivity index (χ4v) is 3.41. The largest absolute Gasteiger partial charge is 0.490 e. The first kappa shape index (κ1) is 17.4. The molecule has 0 bridgehead atoms. The first-order valence-electron chi connectivity index (χ1n) is 9.10. The van der Waals surface area contributed by atoms with E-state index in [0.717, 1.165) is 23.4 Å². The van der Waals surface area contributed by atoms with E-state index in [1.54, 1.807) is 19.4 Å². The number of nitrogens with zero attached hydrogens (tertiary/aromatic N) is 4. The highest BCUT2D eigenvalue weighted by molar-refractivity contribution is 5.89. The summed E-state index contributed by atoms with van der Waals surface area (Å²) in [6.07, 6.45) is 2.74. The SMILES string of the molecule is COc1ccnc(N2CCN(C(=O)Nc3ccc4c(c3)CC(C)O4)CC2)n1. The molecule has 0 spiro atoms. The zero-order valence-electron chi connectivity index (χ0n) is 15.5. The van der Waals surface area contributed by atoms with E-state index in [-0.39, 0.29) is 12.1 Å². The van der Waals surface area contributed by atoms with Crippen molar-refractivity contribution in [2.24, 2.45) is 0 Å². The highest BCUT2D eigenvalue weighted by Crippen LogP contribution is 2.31. The molecule has 0 aliphatic carbocycles. The van der Waals surface area contributed by atoms with Crippen LogP contribution in [0.2, 0.25) is 0 Å². The van der Waals surface area contributed by atoms with Gasteiger partial charge in [-0.1, -0.05) is 0 Å². The summed E-state index contributed by atoms with van der Waals surface area (Å²) in [5.74, 6) is 2.07. The van der Waals surface area contributed by atoms with Crippen LogP contribution in [0.5, 0.6) is 11.6 Å². The number of aromatic nitrogens is 2. The van der Waals surface area contributed by atoms with Gasteiger partial charge in [0.05, 0.1) is 7.11 Å². The molecule has 2 aromatic rings. The van der Waals surface area contributed by atoms with Crippen LogP contribution in [0.1, 0.15) is 12.5 Å². The second-order valence-corrected chi connectivity index (χ2v) is 6.76. The molecule has 0 saturated carbocycles. The van der Waals surface area contributed by atoms with Crippen molar-refractivity contribution < 1.29 is 14.3 Å². The van der Waals surface area contributed by atoms with E-state index in [9.17, 15) is 4.79 Å². The fourth-order valence-electron chi connectivity index (χ4n) is 3.41. The third-order valence-electron chi connectivity index (χ3n) is 4.82. The number of carbonyl (C=O) groups is 1. The maximum Gasteiger partial charge on any atom is 0.321 e. The topological polar surface area (TPSA) is 79.8 Å². The lowest BCUT2D eigenvalue weighted by molar-refractivity contribution is 0.208. The van der Waals surface area contributed by atoms with Crippen LogP contribution in [0.4, 0.5) is 16.4 Å². The van der Waals surface area contributed by atoms with Crippen LogP contribution in [0, 0.1) is 0 Å². The fraction of sp³-hybridized carbons (Fsp3) is 0.421. The van der Waals surface area contributed by atoms with E-state index in [1.807, 2.05) is 30.0 Å². The van der Waals surface area contributed by atoms with E-state index >= 15 is 0 Å². The molecule has 1 aromatic carbocycles. The van der Waals surface area contributed by atoms with Crippen LogP contribution in [0.15, 0.2) is 30.5 Å². The Morgan fingerprint density at radius 1 is 1.26 bits per heavy atom. The molecular weight excluding hydrogens is 346 g/mol. The van der Waals surface area contributed by atoms with Crippen molar-refractivity contribution in [2.45, 2.75) is 19.4 Å². The average Bonchev–Trinajstić information content (AvgIpc) is 3.07. The number of rotatable bonds is 3. The lowest BCUT2D eigenvalue weighted by Crippen LogP contribution is -2.50. The average molecular weight is 369 g/mol. The van der Waals surface area contributed by atoms with Crippen LogP contribution in [-0.2, 0) is 6.42 Å². The monoisotopic (exact) mass is 369 g/mol. The maximum absolute atomic E-state index is 12.6. The van der Waals surface area contributed by atoms with Crippen molar-refractivity contribution in [1.29, 1.82) is 0 Å². The standard InChI is InChI=1S/C19H23N5O3/c1-13-11-14-12-15(3-4-16(14)27-13)21-19(25)24-9-7-23(8-10-24)18-20-6-5-17(22-18)26-2/h3-6,12-13H,7-11H2,1-2H3,(H,21,25). The first-order valence-corrected chi connectivity index (χ1v) is 9.10. The second kappa shape index (κ2) is 7.30. The smallest absolute Gasteiger partial charge is 0.321 e. The van der Waals surface area contributed by atoms with Gasteiger partial charge in [0.25, 0.3) is 0 Å². The van der Waals surface area contributed by atoms with Gasteiger partial charge < -0.3 is 24.6 Å². The van der Waals surface area contributed by atoms with Crippen molar-refractivity contribution in [2.75, 3.05) is 43.5 Å².